The number of nitrogens with zero attached hydrogens (tertiary/aromatic N) is 3. The maximum Gasteiger partial charge on any atom is 0.282 e. The predicted molar refractivity (Wildman–Crippen MR) is 182 cm³/mol. The highest BCUT2D eigenvalue weighted by molar-refractivity contribution is 9.13. The van der Waals surface area contributed by atoms with E-state index in [0.29, 0.717) is 66.4 Å². The molecule has 6 aromatic rings. The van der Waals surface area contributed by atoms with Crippen LogP contribution in [0.15, 0.2) is 101 Å². The lowest BCUT2D eigenvalue weighted by molar-refractivity contribution is 0.174. The molecule has 2 aromatic heterocycles. The molecule has 0 spiro atoms. The molecule has 1 aliphatic heterocycles. The van der Waals surface area contributed by atoms with Crippen molar-refractivity contribution in [2.24, 2.45) is 5.10 Å². The molecule has 4 aromatic carbocycles. The maximum atomic E-state index is 13.8. The monoisotopic (exact) mass is 793 g/mol. The van der Waals surface area contributed by atoms with Crippen LogP contribution in [0.5, 0.6) is 23.0 Å². The van der Waals surface area contributed by atoms with Gasteiger partial charge in [-0.1, -0.05) is 34.1 Å². The van der Waals surface area contributed by atoms with Crippen molar-refractivity contribution in [1.29, 1.82) is 0 Å². The standard InChI is InChI=1S/C33H22Br3N3O6/c1-2-41-27-14-20(29(35)30(36)31(27)42-16-18-7-9-25-26(11-18)44-17-43-25)15-37-39-32(38-23-6-4-3-5-22(23)33(39)40)28-13-19-12-21(34)8-10-24(19)45-28/h3-15H,2,16-17H2,1H3. The van der Waals surface area contributed by atoms with Gasteiger partial charge >= 0.3 is 0 Å². The minimum Gasteiger partial charge on any atom is -0.490 e. The molecule has 0 atom stereocenters. The summed E-state index contributed by atoms with van der Waals surface area (Å²) < 4.78 is 32.7. The molecule has 0 amide bonds. The van der Waals surface area contributed by atoms with Crippen molar-refractivity contribution < 1.29 is 23.4 Å². The highest BCUT2D eigenvalue weighted by atomic mass is 79.9. The quantitative estimate of drug-likeness (QED) is 0.142. The number of hydrogen-bond donors (Lipinski definition) is 0. The summed E-state index contributed by atoms with van der Waals surface area (Å²) in [6.07, 6.45) is 1.57. The van der Waals surface area contributed by atoms with Crippen molar-refractivity contribution >= 4 is 75.9 Å². The lowest BCUT2D eigenvalue weighted by atomic mass is 10.2. The van der Waals surface area contributed by atoms with Gasteiger partial charge in [-0.05, 0) is 98.9 Å². The van der Waals surface area contributed by atoms with E-state index in [-0.39, 0.29) is 24.8 Å². The van der Waals surface area contributed by atoms with Gasteiger partial charge in [-0.3, -0.25) is 4.79 Å². The van der Waals surface area contributed by atoms with Crippen LogP contribution in [0.1, 0.15) is 18.1 Å². The average molecular weight is 796 g/mol. The molecule has 12 heteroatoms. The number of fused-ring (bicyclic) bond motifs is 3. The summed E-state index contributed by atoms with van der Waals surface area (Å²) in [6.45, 7) is 2.77. The molecule has 0 bridgehead atoms. The number of benzene rings is 4. The molecule has 0 saturated carbocycles. The van der Waals surface area contributed by atoms with Gasteiger partial charge in [0.15, 0.2) is 28.8 Å². The number of furan rings is 1. The van der Waals surface area contributed by atoms with E-state index in [9.17, 15) is 4.79 Å². The van der Waals surface area contributed by atoms with Crippen LogP contribution in [-0.2, 0) is 6.61 Å². The van der Waals surface area contributed by atoms with E-state index in [1.165, 1.54) is 4.68 Å². The lowest BCUT2D eigenvalue weighted by Gasteiger charge is -2.16. The third-order valence-corrected chi connectivity index (χ3v) is 9.68. The fraction of sp³-hybridized carbons (Fsp3) is 0.121. The summed E-state index contributed by atoms with van der Waals surface area (Å²) in [4.78, 5) is 18.5. The second-order valence-corrected chi connectivity index (χ2v) is 12.4. The van der Waals surface area contributed by atoms with Crippen LogP contribution >= 0.6 is 47.8 Å². The van der Waals surface area contributed by atoms with Gasteiger partial charge in [0, 0.05) is 19.9 Å². The molecule has 0 saturated heterocycles. The van der Waals surface area contributed by atoms with Crippen LogP contribution < -0.4 is 24.5 Å². The minimum absolute atomic E-state index is 0.203. The summed E-state index contributed by atoms with van der Waals surface area (Å²) in [5.41, 5.74) is 2.41. The van der Waals surface area contributed by atoms with Gasteiger partial charge in [-0.15, -0.1) is 0 Å². The number of rotatable bonds is 8. The summed E-state index contributed by atoms with van der Waals surface area (Å²) >= 11 is 10.8. The van der Waals surface area contributed by atoms with Gasteiger partial charge in [0.1, 0.15) is 12.2 Å². The molecule has 0 N–H and O–H groups in total. The first-order valence-electron chi connectivity index (χ1n) is 13.8. The van der Waals surface area contributed by atoms with Crippen molar-refractivity contribution in [3.8, 4) is 34.6 Å². The zero-order valence-corrected chi connectivity index (χ0v) is 28.3. The van der Waals surface area contributed by atoms with E-state index in [0.717, 1.165) is 15.4 Å². The second-order valence-electron chi connectivity index (χ2n) is 9.94. The SMILES string of the molecule is CCOc1cc(C=Nn2c(-c3cc4cc(Br)ccc4o3)nc3ccccc3c2=O)c(Br)c(Br)c1OCc1ccc2c(c1)OCO2. The van der Waals surface area contributed by atoms with Gasteiger partial charge in [0.2, 0.25) is 12.6 Å². The highest BCUT2D eigenvalue weighted by Gasteiger charge is 2.20. The molecule has 0 radical (unpaired) electrons. The molecule has 9 nitrogen and oxygen atoms in total. The largest absolute Gasteiger partial charge is 0.490 e. The smallest absolute Gasteiger partial charge is 0.282 e. The molecular formula is C33H22Br3N3O6. The van der Waals surface area contributed by atoms with Crippen LogP contribution in [0.4, 0.5) is 0 Å². The summed E-state index contributed by atoms with van der Waals surface area (Å²) in [7, 11) is 0. The number of halogens is 3. The Kier molecular flexibility index (Phi) is 8.11. The first-order valence-corrected chi connectivity index (χ1v) is 16.2. The van der Waals surface area contributed by atoms with Crippen LogP contribution in [0, 0.1) is 0 Å². The Hall–Kier alpha value is -4.13. The van der Waals surface area contributed by atoms with Crippen molar-refractivity contribution in [3.63, 3.8) is 0 Å². The van der Waals surface area contributed by atoms with Crippen molar-refractivity contribution in [3.05, 3.63) is 108 Å². The zero-order valence-electron chi connectivity index (χ0n) is 23.6. The molecule has 0 aliphatic carbocycles. The molecule has 226 valence electrons. The summed E-state index contributed by atoms with van der Waals surface area (Å²) in [5, 5.41) is 5.92. The fourth-order valence-corrected chi connectivity index (χ4v) is 6.23. The van der Waals surface area contributed by atoms with Gasteiger partial charge in [-0.25, -0.2) is 4.98 Å². The van der Waals surface area contributed by atoms with Crippen molar-refractivity contribution in [2.75, 3.05) is 13.4 Å². The van der Waals surface area contributed by atoms with Crippen LogP contribution in [0.3, 0.4) is 0 Å². The Balaban J connectivity index is 1.28. The molecule has 0 unspecified atom stereocenters. The van der Waals surface area contributed by atoms with E-state index < -0.39 is 0 Å². The van der Waals surface area contributed by atoms with E-state index in [1.54, 1.807) is 30.5 Å². The highest BCUT2D eigenvalue weighted by Crippen LogP contribution is 2.43. The van der Waals surface area contributed by atoms with Crippen molar-refractivity contribution in [1.82, 2.24) is 9.66 Å². The van der Waals surface area contributed by atoms with Crippen LogP contribution in [-0.4, -0.2) is 29.3 Å². The van der Waals surface area contributed by atoms with Crippen LogP contribution in [0.25, 0.3) is 33.5 Å². The topological polar surface area (TPSA) is 97.3 Å². The minimum atomic E-state index is -0.336. The number of para-hydroxylation sites is 1. The molecule has 45 heavy (non-hydrogen) atoms. The molecule has 7 rings (SSSR count). The predicted octanol–water partition coefficient (Wildman–Crippen LogP) is 8.69. The third-order valence-electron chi connectivity index (χ3n) is 7.04. The zero-order chi connectivity index (χ0) is 31.1. The molecule has 3 heterocycles. The van der Waals surface area contributed by atoms with Crippen LogP contribution in [0.2, 0.25) is 0 Å². The number of ether oxygens (including phenoxy) is 4. The average Bonchev–Trinajstić information content (AvgIpc) is 3.69. The Morgan fingerprint density at radius 1 is 0.956 bits per heavy atom. The normalized spacial score (nSPS) is 12.4. The fourth-order valence-electron chi connectivity index (χ4n) is 4.92. The molecular weight excluding hydrogens is 774 g/mol. The van der Waals surface area contributed by atoms with Gasteiger partial charge in [0.25, 0.3) is 5.56 Å². The Labute approximate surface area is 281 Å². The first-order chi connectivity index (χ1) is 21.9. The van der Waals surface area contributed by atoms with Gasteiger partial charge < -0.3 is 23.4 Å². The summed E-state index contributed by atoms with van der Waals surface area (Å²) in [6, 6.07) is 22.1. The molecule has 1 aliphatic rings. The second kappa shape index (κ2) is 12.3. The molecule has 0 fully saturated rings. The lowest BCUT2D eigenvalue weighted by Crippen LogP contribution is -2.20. The third kappa shape index (κ3) is 5.73. The number of aromatic nitrogens is 2. The Morgan fingerprint density at radius 2 is 1.80 bits per heavy atom. The first kappa shape index (κ1) is 29.6. The van der Waals surface area contributed by atoms with E-state index in [2.05, 4.69) is 52.9 Å². The summed E-state index contributed by atoms with van der Waals surface area (Å²) in [5.74, 6) is 3.08. The Bertz CT molecular complexity index is 2190. The number of hydrogen-bond acceptors (Lipinski definition) is 8. The van der Waals surface area contributed by atoms with E-state index in [4.69, 9.17) is 28.3 Å². The van der Waals surface area contributed by atoms with E-state index >= 15 is 0 Å². The Morgan fingerprint density at radius 3 is 2.67 bits per heavy atom. The maximum absolute atomic E-state index is 13.8. The van der Waals surface area contributed by atoms with Crippen molar-refractivity contribution in [2.45, 2.75) is 13.5 Å². The van der Waals surface area contributed by atoms with Gasteiger partial charge in [-0.2, -0.15) is 9.78 Å². The van der Waals surface area contributed by atoms with Gasteiger partial charge in [0.05, 0.1) is 28.2 Å². The van der Waals surface area contributed by atoms with E-state index in [1.807, 2.05) is 55.5 Å².